The highest BCUT2D eigenvalue weighted by molar-refractivity contribution is 5.37. The van der Waals surface area contributed by atoms with Crippen molar-refractivity contribution in [3.63, 3.8) is 0 Å². The number of hydrogen-bond acceptors (Lipinski definition) is 3. The first-order valence-electron chi connectivity index (χ1n) is 4.64. The second-order valence-electron chi connectivity index (χ2n) is 4.38. The molecular formula is C9H11N3. The number of rotatable bonds is 2. The van der Waals surface area contributed by atoms with Crippen molar-refractivity contribution < 1.29 is 0 Å². The fraction of sp³-hybridized carbons (Fsp3) is 0.889. The van der Waals surface area contributed by atoms with E-state index in [4.69, 9.17) is 5.26 Å². The molecule has 3 fully saturated rings. The zero-order valence-electron chi connectivity index (χ0n) is 6.95. The monoisotopic (exact) mass is 161 g/mol. The Morgan fingerprint density at radius 2 is 2.08 bits per heavy atom. The lowest BCUT2D eigenvalue weighted by atomic mass is 10.2. The standard InChI is InChI=1S/C9H11N3/c10-6-9(5-8(9)3-4-8)12-11-7-1-2-7/h7H,1-5H2. The van der Waals surface area contributed by atoms with Gasteiger partial charge in [0.2, 0.25) is 0 Å². The van der Waals surface area contributed by atoms with Gasteiger partial charge in [-0.1, -0.05) is 0 Å². The van der Waals surface area contributed by atoms with Gasteiger partial charge in [-0.15, -0.1) is 0 Å². The van der Waals surface area contributed by atoms with Crippen LogP contribution < -0.4 is 0 Å². The fourth-order valence-corrected chi connectivity index (χ4v) is 1.88. The van der Waals surface area contributed by atoms with E-state index in [1.807, 2.05) is 0 Å². The van der Waals surface area contributed by atoms with Gasteiger partial charge in [-0.3, -0.25) is 0 Å². The number of hydrogen-bond donors (Lipinski definition) is 0. The molecule has 0 radical (unpaired) electrons. The highest BCUT2D eigenvalue weighted by Crippen LogP contribution is 2.74. The summed E-state index contributed by atoms with van der Waals surface area (Å²) in [6.45, 7) is 0. The van der Waals surface area contributed by atoms with Crippen LogP contribution in [0.2, 0.25) is 0 Å². The third kappa shape index (κ3) is 0.703. The zero-order valence-corrected chi connectivity index (χ0v) is 6.95. The van der Waals surface area contributed by atoms with Crippen LogP contribution in [0.3, 0.4) is 0 Å². The Labute approximate surface area is 71.5 Å². The summed E-state index contributed by atoms with van der Waals surface area (Å²) in [5.41, 5.74) is -0.0598. The highest BCUT2D eigenvalue weighted by atomic mass is 15.2. The van der Waals surface area contributed by atoms with Gasteiger partial charge in [-0.25, -0.2) is 0 Å². The lowest BCUT2D eigenvalue weighted by Gasteiger charge is -1.95. The molecule has 1 spiro atoms. The van der Waals surface area contributed by atoms with Gasteiger partial charge in [0.1, 0.15) is 0 Å². The topological polar surface area (TPSA) is 48.5 Å². The molecule has 0 aromatic rings. The number of nitrogens with zero attached hydrogens (tertiary/aromatic N) is 3. The molecule has 0 heterocycles. The Morgan fingerprint density at radius 3 is 2.50 bits per heavy atom. The molecule has 62 valence electrons. The molecule has 1 atom stereocenters. The van der Waals surface area contributed by atoms with Crippen molar-refractivity contribution in [3.8, 4) is 6.07 Å². The highest BCUT2D eigenvalue weighted by Gasteiger charge is 2.76. The van der Waals surface area contributed by atoms with Crippen LogP contribution in [0.1, 0.15) is 32.1 Å². The largest absolute Gasteiger partial charge is 0.196 e. The summed E-state index contributed by atoms with van der Waals surface area (Å²) < 4.78 is 0. The van der Waals surface area contributed by atoms with Crippen LogP contribution >= 0.6 is 0 Å². The summed E-state index contributed by atoms with van der Waals surface area (Å²) in [5, 5.41) is 17.4. The summed E-state index contributed by atoms with van der Waals surface area (Å²) in [6, 6.07) is 2.79. The van der Waals surface area contributed by atoms with Crippen LogP contribution in [-0.2, 0) is 0 Å². The van der Waals surface area contributed by atoms with Gasteiger partial charge < -0.3 is 0 Å². The molecule has 0 aromatic carbocycles. The Bertz CT molecular complexity index is 293. The van der Waals surface area contributed by atoms with E-state index in [1.54, 1.807) is 0 Å². The van der Waals surface area contributed by atoms with E-state index in [0.29, 0.717) is 11.5 Å². The average Bonchev–Trinajstić information content (AvgIpc) is 2.89. The normalized spacial score (nSPS) is 41.6. The third-order valence-electron chi connectivity index (χ3n) is 3.32. The first-order chi connectivity index (χ1) is 5.80. The van der Waals surface area contributed by atoms with Crippen LogP contribution in [0, 0.1) is 16.7 Å². The summed E-state index contributed by atoms with van der Waals surface area (Å²) >= 11 is 0. The van der Waals surface area contributed by atoms with Gasteiger partial charge in [0.15, 0.2) is 5.54 Å². The van der Waals surface area contributed by atoms with Crippen molar-refractivity contribution in [1.29, 1.82) is 5.26 Å². The van der Waals surface area contributed by atoms with Crippen LogP contribution in [0.25, 0.3) is 0 Å². The molecule has 3 nitrogen and oxygen atoms in total. The van der Waals surface area contributed by atoms with Crippen molar-refractivity contribution >= 4 is 0 Å². The van der Waals surface area contributed by atoms with E-state index in [0.717, 1.165) is 6.42 Å². The van der Waals surface area contributed by atoms with Gasteiger partial charge in [-0.2, -0.15) is 15.5 Å². The van der Waals surface area contributed by atoms with Crippen LogP contribution in [0.15, 0.2) is 10.2 Å². The van der Waals surface area contributed by atoms with E-state index in [2.05, 4.69) is 16.3 Å². The fourth-order valence-electron chi connectivity index (χ4n) is 1.88. The lowest BCUT2D eigenvalue weighted by molar-refractivity contribution is 0.664. The molecule has 0 bridgehead atoms. The minimum Gasteiger partial charge on any atom is -0.196 e. The molecule has 3 rings (SSSR count). The number of nitriles is 1. The maximum Gasteiger partial charge on any atom is 0.173 e. The van der Waals surface area contributed by atoms with Crippen molar-refractivity contribution in [3.05, 3.63) is 0 Å². The predicted molar refractivity (Wildman–Crippen MR) is 42.5 cm³/mol. The Morgan fingerprint density at radius 1 is 1.33 bits per heavy atom. The smallest absolute Gasteiger partial charge is 0.173 e. The third-order valence-corrected chi connectivity index (χ3v) is 3.32. The SMILES string of the molecule is N#CC1(N=NC2CC2)CC12CC2. The predicted octanol–water partition coefficient (Wildman–Crippen LogP) is 2.05. The van der Waals surface area contributed by atoms with E-state index in [-0.39, 0.29) is 5.54 Å². The summed E-state index contributed by atoms with van der Waals surface area (Å²) in [6.07, 6.45) is 5.73. The molecule has 0 N–H and O–H groups in total. The molecule has 12 heavy (non-hydrogen) atoms. The quantitative estimate of drug-likeness (QED) is 0.572. The van der Waals surface area contributed by atoms with Crippen molar-refractivity contribution in [2.75, 3.05) is 0 Å². The van der Waals surface area contributed by atoms with Crippen LogP contribution in [0.4, 0.5) is 0 Å². The van der Waals surface area contributed by atoms with E-state index in [9.17, 15) is 0 Å². The molecule has 3 aliphatic rings. The maximum absolute atomic E-state index is 8.96. The molecular weight excluding hydrogens is 150 g/mol. The average molecular weight is 161 g/mol. The number of azo groups is 1. The summed E-state index contributed by atoms with van der Waals surface area (Å²) in [7, 11) is 0. The van der Waals surface area contributed by atoms with Gasteiger partial charge >= 0.3 is 0 Å². The van der Waals surface area contributed by atoms with Crippen LogP contribution in [0.5, 0.6) is 0 Å². The van der Waals surface area contributed by atoms with Gasteiger partial charge in [0.05, 0.1) is 12.1 Å². The molecule has 3 aliphatic carbocycles. The van der Waals surface area contributed by atoms with Crippen molar-refractivity contribution in [2.24, 2.45) is 15.6 Å². The van der Waals surface area contributed by atoms with Gasteiger partial charge in [-0.05, 0) is 32.1 Å². The maximum atomic E-state index is 8.96. The summed E-state index contributed by atoms with van der Waals surface area (Å²) in [4.78, 5) is 0. The molecule has 0 amide bonds. The molecule has 0 aliphatic heterocycles. The minimum absolute atomic E-state index is 0.306. The van der Waals surface area contributed by atoms with E-state index >= 15 is 0 Å². The molecule has 3 heteroatoms. The second kappa shape index (κ2) is 1.71. The molecule has 0 saturated heterocycles. The minimum atomic E-state index is -0.365. The zero-order chi connectivity index (χ0) is 8.23. The van der Waals surface area contributed by atoms with Gasteiger partial charge in [0.25, 0.3) is 0 Å². The summed E-state index contributed by atoms with van der Waals surface area (Å²) in [5.74, 6) is 0. The Kier molecular flexibility index (Phi) is 0.938. The van der Waals surface area contributed by atoms with Crippen molar-refractivity contribution in [2.45, 2.75) is 43.7 Å². The lowest BCUT2D eigenvalue weighted by Crippen LogP contribution is -2.04. The second-order valence-corrected chi connectivity index (χ2v) is 4.38. The molecule has 3 saturated carbocycles. The van der Waals surface area contributed by atoms with E-state index < -0.39 is 0 Å². The molecule has 0 aromatic heterocycles. The Hall–Kier alpha value is -0.910. The first-order valence-corrected chi connectivity index (χ1v) is 4.64. The van der Waals surface area contributed by atoms with Crippen LogP contribution in [-0.4, -0.2) is 11.6 Å². The Balaban J connectivity index is 1.77. The van der Waals surface area contributed by atoms with Gasteiger partial charge in [0, 0.05) is 5.41 Å². The van der Waals surface area contributed by atoms with E-state index in [1.165, 1.54) is 25.7 Å². The first kappa shape index (κ1) is 6.59. The van der Waals surface area contributed by atoms with Crippen molar-refractivity contribution in [1.82, 2.24) is 0 Å². The molecule has 1 unspecified atom stereocenters.